The summed E-state index contributed by atoms with van der Waals surface area (Å²) in [5, 5.41) is 4.96. The summed E-state index contributed by atoms with van der Waals surface area (Å²) in [5.41, 5.74) is 2.44. The second kappa shape index (κ2) is 8.38. The molecule has 3 nitrogen and oxygen atoms in total. The van der Waals surface area contributed by atoms with E-state index in [1.165, 1.54) is 6.07 Å². The summed E-state index contributed by atoms with van der Waals surface area (Å²) in [6.45, 7) is 1.44. The Hall–Kier alpha value is -2.50. The van der Waals surface area contributed by atoms with Crippen molar-refractivity contribution in [3.05, 3.63) is 59.2 Å². The zero-order chi connectivity index (χ0) is 17.5. The monoisotopic (exact) mass is 336 g/mol. The molecule has 0 aliphatic rings. The first-order chi connectivity index (χ1) is 11.5. The highest BCUT2D eigenvalue weighted by atomic mass is 19.1. The van der Waals surface area contributed by atoms with Crippen LogP contribution >= 0.6 is 0 Å². The normalized spacial score (nSPS) is 10.5. The Kier molecular flexibility index (Phi) is 6.23. The van der Waals surface area contributed by atoms with Gasteiger partial charge in [-0.15, -0.1) is 0 Å². The summed E-state index contributed by atoms with van der Waals surface area (Å²) in [5.74, 6) is -1.01. The summed E-state index contributed by atoms with van der Waals surface area (Å²) in [6.07, 6.45) is 0.440. The van der Waals surface area contributed by atoms with Gasteiger partial charge < -0.3 is 10.6 Å². The van der Waals surface area contributed by atoms with Crippen molar-refractivity contribution >= 4 is 6.03 Å². The molecule has 0 aromatic heterocycles. The second-order valence-corrected chi connectivity index (χ2v) is 5.35. The maximum atomic E-state index is 14.1. The number of rotatable bonds is 6. The first kappa shape index (κ1) is 17.8. The molecule has 2 N–H and O–H groups in total. The molecule has 0 saturated heterocycles. The minimum atomic E-state index is -0.631. The van der Waals surface area contributed by atoms with E-state index in [2.05, 4.69) is 10.6 Å². The summed E-state index contributed by atoms with van der Waals surface area (Å²) in [4.78, 5) is 11.4. The lowest BCUT2D eigenvalue weighted by Crippen LogP contribution is -2.37. The number of hydrogen-bond donors (Lipinski definition) is 2. The number of aryl methyl sites for hydroxylation is 1. The van der Waals surface area contributed by atoms with E-state index in [0.29, 0.717) is 18.5 Å². The molecule has 128 valence electrons. The third-order valence-corrected chi connectivity index (χ3v) is 3.62. The number of alkyl halides is 1. The highest BCUT2D eigenvalue weighted by Crippen LogP contribution is 2.30. The van der Waals surface area contributed by atoms with Crippen LogP contribution in [0.1, 0.15) is 11.1 Å². The van der Waals surface area contributed by atoms with Gasteiger partial charge in [0.2, 0.25) is 0 Å². The second-order valence-electron chi connectivity index (χ2n) is 5.35. The molecule has 0 bridgehead atoms. The lowest BCUT2D eigenvalue weighted by atomic mass is 9.93. The Bertz CT molecular complexity index is 719. The fourth-order valence-electron chi connectivity index (χ4n) is 2.55. The molecule has 0 atom stereocenters. The number of halogens is 3. The molecule has 24 heavy (non-hydrogen) atoms. The molecule has 0 unspecified atom stereocenters. The van der Waals surface area contributed by atoms with Gasteiger partial charge in [0, 0.05) is 18.7 Å². The van der Waals surface area contributed by atoms with Crippen LogP contribution < -0.4 is 10.6 Å². The molecule has 0 heterocycles. The third-order valence-electron chi connectivity index (χ3n) is 3.62. The summed E-state index contributed by atoms with van der Waals surface area (Å²) in [7, 11) is 0. The van der Waals surface area contributed by atoms with Gasteiger partial charge in [-0.2, -0.15) is 0 Å². The van der Waals surface area contributed by atoms with Crippen LogP contribution in [0.25, 0.3) is 11.1 Å². The molecule has 0 aliphatic heterocycles. The predicted octanol–water partition coefficient (Wildman–Crippen LogP) is 3.75. The van der Waals surface area contributed by atoms with Gasteiger partial charge in [0.15, 0.2) is 0 Å². The number of urea groups is 1. The maximum absolute atomic E-state index is 14.1. The average Bonchev–Trinajstić information content (AvgIpc) is 2.56. The topological polar surface area (TPSA) is 41.1 Å². The predicted molar refractivity (Wildman–Crippen MR) is 87.6 cm³/mol. The molecular formula is C18H19F3N2O. The van der Waals surface area contributed by atoms with Crippen LogP contribution in [0, 0.1) is 18.6 Å². The summed E-state index contributed by atoms with van der Waals surface area (Å²) >= 11 is 0. The summed E-state index contributed by atoms with van der Waals surface area (Å²) < 4.78 is 39.6. The molecule has 0 aliphatic carbocycles. The van der Waals surface area contributed by atoms with Crippen molar-refractivity contribution in [2.75, 3.05) is 19.8 Å². The third kappa shape index (κ3) is 4.50. The van der Waals surface area contributed by atoms with E-state index in [1.807, 2.05) is 25.1 Å². The first-order valence-electron chi connectivity index (χ1n) is 7.64. The largest absolute Gasteiger partial charge is 0.338 e. The highest BCUT2D eigenvalue weighted by Gasteiger charge is 2.13. The van der Waals surface area contributed by atoms with Crippen LogP contribution in [0.5, 0.6) is 0 Å². The Morgan fingerprint density at radius 3 is 2.58 bits per heavy atom. The van der Waals surface area contributed by atoms with E-state index < -0.39 is 24.3 Å². The molecule has 2 rings (SSSR count). The summed E-state index contributed by atoms with van der Waals surface area (Å²) in [6, 6.07) is 8.35. The van der Waals surface area contributed by atoms with Gasteiger partial charge in [-0.25, -0.2) is 18.0 Å². The van der Waals surface area contributed by atoms with E-state index in [1.54, 1.807) is 0 Å². The van der Waals surface area contributed by atoms with Crippen LogP contribution in [-0.2, 0) is 6.42 Å². The lowest BCUT2D eigenvalue weighted by molar-refractivity contribution is 0.240. The van der Waals surface area contributed by atoms with Crippen LogP contribution in [-0.4, -0.2) is 25.8 Å². The van der Waals surface area contributed by atoms with Gasteiger partial charge >= 0.3 is 6.03 Å². The van der Waals surface area contributed by atoms with Crippen molar-refractivity contribution in [2.45, 2.75) is 13.3 Å². The molecule has 0 fully saturated rings. The molecule has 2 aromatic rings. The van der Waals surface area contributed by atoms with E-state index >= 15 is 0 Å². The quantitative estimate of drug-likeness (QED) is 0.829. The SMILES string of the molecule is Cc1cccc(CCNC(=O)NCCF)c1-c1cc(F)ccc1F. The van der Waals surface area contributed by atoms with Gasteiger partial charge in [-0.1, -0.05) is 18.2 Å². The minimum absolute atomic E-state index is 0.0456. The standard InChI is InChI=1S/C18H19F3N2O/c1-12-3-2-4-13(7-9-22-18(24)23-10-8-19)17(12)15-11-14(20)5-6-16(15)21/h2-6,11H,7-10H2,1H3,(H2,22,23,24). The zero-order valence-electron chi connectivity index (χ0n) is 13.3. The number of nitrogens with one attached hydrogen (secondary N) is 2. The van der Waals surface area contributed by atoms with Gasteiger partial charge in [0.1, 0.15) is 18.3 Å². The molecule has 0 spiro atoms. The maximum Gasteiger partial charge on any atom is 0.314 e. The number of benzene rings is 2. The smallest absolute Gasteiger partial charge is 0.314 e. The van der Waals surface area contributed by atoms with Crippen LogP contribution in [0.4, 0.5) is 18.0 Å². The Labute approximate surface area is 138 Å². The van der Waals surface area contributed by atoms with E-state index in [4.69, 9.17) is 0 Å². The molecule has 0 saturated carbocycles. The average molecular weight is 336 g/mol. The molecule has 6 heteroatoms. The van der Waals surface area contributed by atoms with E-state index in [9.17, 15) is 18.0 Å². The van der Waals surface area contributed by atoms with Crippen molar-refractivity contribution in [3.63, 3.8) is 0 Å². The molecular weight excluding hydrogens is 317 g/mol. The van der Waals surface area contributed by atoms with E-state index in [-0.39, 0.29) is 12.1 Å². The van der Waals surface area contributed by atoms with Gasteiger partial charge in [0.25, 0.3) is 0 Å². The van der Waals surface area contributed by atoms with Crippen molar-refractivity contribution in [1.82, 2.24) is 10.6 Å². The minimum Gasteiger partial charge on any atom is -0.338 e. The fourth-order valence-corrected chi connectivity index (χ4v) is 2.55. The Morgan fingerprint density at radius 1 is 1.08 bits per heavy atom. The Morgan fingerprint density at radius 2 is 1.83 bits per heavy atom. The number of amides is 2. The van der Waals surface area contributed by atoms with Gasteiger partial charge in [0.05, 0.1) is 0 Å². The van der Waals surface area contributed by atoms with Crippen LogP contribution in [0.15, 0.2) is 36.4 Å². The fraction of sp³-hybridized carbons (Fsp3) is 0.278. The Balaban J connectivity index is 2.18. The molecule has 0 radical (unpaired) electrons. The van der Waals surface area contributed by atoms with Crippen molar-refractivity contribution in [1.29, 1.82) is 0 Å². The van der Waals surface area contributed by atoms with Crippen molar-refractivity contribution < 1.29 is 18.0 Å². The van der Waals surface area contributed by atoms with Crippen molar-refractivity contribution in [2.24, 2.45) is 0 Å². The molecule has 2 amide bonds. The van der Waals surface area contributed by atoms with Crippen molar-refractivity contribution in [3.8, 4) is 11.1 Å². The van der Waals surface area contributed by atoms with Gasteiger partial charge in [-0.05, 0) is 48.2 Å². The van der Waals surface area contributed by atoms with Gasteiger partial charge in [-0.3, -0.25) is 0 Å². The number of hydrogen-bond acceptors (Lipinski definition) is 1. The number of carbonyl (C=O) groups excluding carboxylic acids is 1. The molecule has 2 aromatic carbocycles. The number of carbonyl (C=O) groups is 1. The van der Waals surface area contributed by atoms with Crippen LogP contribution in [0.3, 0.4) is 0 Å². The van der Waals surface area contributed by atoms with E-state index in [0.717, 1.165) is 23.3 Å². The highest BCUT2D eigenvalue weighted by molar-refractivity contribution is 5.74. The van der Waals surface area contributed by atoms with Crippen LogP contribution in [0.2, 0.25) is 0 Å². The first-order valence-corrected chi connectivity index (χ1v) is 7.64. The lowest BCUT2D eigenvalue weighted by Gasteiger charge is -2.14. The zero-order valence-corrected chi connectivity index (χ0v) is 13.3.